The van der Waals surface area contributed by atoms with Crippen molar-refractivity contribution in [1.29, 1.82) is 0 Å². The maximum absolute atomic E-state index is 10.4. The number of halogens is 1. The van der Waals surface area contributed by atoms with Crippen LogP contribution in [0.5, 0.6) is 0 Å². The van der Waals surface area contributed by atoms with E-state index in [-0.39, 0.29) is 18.0 Å². The first-order chi connectivity index (χ1) is 5.11. The van der Waals surface area contributed by atoms with Crippen molar-refractivity contribution in [2.45, 2.75) is 6.92 Å². The molecule has 4 heteroatoms. The quantitative estimate of drug-likeness (QED) is 0.658. The Morgan fingerprint density at radius 1 is 1.50 bits per heavy atom. The summed E-state index contributed by atoms with van der Waals surface area (Å²) in [5.41, 5.74) is 7.14. The van der Waals surface area contributed by atoms with E-state index in [1.807, 2.05) is 6.92 Å². The number of hydrogen-bond donors (Lipinski definition) is 2. The summed E-state index contributed by atoms with van der Waals surface area (Å²) in [6, 6.07) is 4.69. The molecule has 0 radical (unpaired) electrons. The molecule has 0 unspecified atom stereocenters. The minimum atomic E-state index is -0.947. The van der Waals surface area contributed by atoms with E-state index in [9.17, 15) is 4.79 Å². The second kappa shape index (κ2) is 3.97. The number of carbonyl (C=O) groups is 1. The van der Waals surface area contributed by atoms with Crippen LogP contribution in [0.2, 0.25) is 0 Å². The van der Waals surface area contributed by atoms with Crippen LogP contribution in [0.15, 0.2) is 18.2 Å². The summed E-state index contributed by atoms with van der Waals surface area (Å²) in [4.78, 5) is 10.4. The number of carboxylic acids is 1. The fraction of sp³-hybridized carbons (Fsp3) is 0.125. The van der Waals surface area contributed by atoms with Gasteiger partial charge in [0.15, 0.2) is 0 Å². The molecule has 0 aromatic heterocycles. The largest absolute Gasteiger partial charge is 0.478 e. The van der Waals surface area contributed by atoms with Crippen LogP contribution in [0, 0.1) is 6.92 Å². The van der Waals surface area contributed by atoms with Gasteiger partial charge in [-0.15, -0.1) is 12.4 Å². The lowest BCUT2D eigenvalue weighted by Crippen LogP contribution is -1.98. The Labute approximate surface area is 76.6 Å². The molecule has 0 atom stereocenters. The van der Waals surface area contributed by atoms with Crippen molar-refractivity contribution in [3.8, 4) is 0 Å². The van der Waals surface area contributed by atoms with Gasteiger partial charge in [-0.1, -0.05) is 6.07 Å². The Bertz CT molecular complexity index is 299. The van der Waals surface area contributed by atoms with Crippen LogP contribution in [0.3, 0.4) is 0 Å². The molecule has 0 amide bonds. The molecule has 0 heterocycles. The van der Waals surface area contributed by atoms with Crippen LogP contribution in [0.4, 0.5) is 5.69 Å². The zero-order chi connectivity index (χ0) is 8.43. The highest BCUT2D eigenvalue weighted by molar-refractivity contribution is 5.88. The third-order valence-electron chi connectivity index (χ3n) is 1.53. The van der Waals surface area contributed by atoms with Crippen LogP contribution in [-0.2, 0) is 0 Å². The van der Waals surface area contributed by atoms with E-state index in [4.69, 9.17) is 10.8 Å². The third kappa shape index (κ3) is 2.13. The summed E-state index contributed by atoms with van der Waals surface area (Å²) in [6.07, 6.45) is 0. The van der Waals surface area contributed by atoms with Gasteiger partial charge in [0.05, 0.1) is 5.56 Å². The average molecular weight is 188 g/mol. The highest BCUT2D eigenvalue weighted by atomic mass is 35.5. The van der Waals surface area contributed by atoms with E-state index < -0.39 is 5.97 Å². The van der Waals surface area contributed by atoms with Crippen LogP contribution < -0.4 is 5.73 Å². The molecule has 0 fully saturated rings. The van der Waals surface area contributed by atoms with E-state index in [0.717, 1.165) is 5.56 Å². The minimum absolute atomic E-state index is 0. The SMILES string of the molecule is Cc1ccc(C(=O)O)cc1N.Cl. The lowest BCUT2D eigenvalue weighted by molar-refractivity contribution is 0.0697. The van der Waals surface area contributed by atoms with Crippen LogP contribution in [0.1, 0.15) is 15.9 Å². The number of anilines is 1. The Balaban J connectivity index is 0.00000121. The molecule has 66 valence electrons. The van der Waals surface area contributed by atoms with E-state index in [1.165, 1.54) is 12.1 Å². The van der Waals surface area contributed by atoms with Gasteiger partial charge in [0, 0.05) is 5.69 Å². The van der Waals surface area contributed by atoms with E-state index in [0.29, 0.717) is 5.69 Å². The Morgan fingerprint density at radius 2 is 2.08 bits per heavy atom. The molecule has 0 aliphatic heterocycles. The molecule has 3 N–H and O–H groups in total. The molecular weight excluding hydrogens is 178 g/mol. The van der Waals surface area contributed by atoms with Gasteiger partial charge >= 0.3 is 5.97 Å². The number of nitrogens with two attached hydrogens (primary N) is 1. The van der Waals surface area contributed by atoms with Crippen molar-refractivity contribution in [1.82, 2.24) is 0 Å². The highest BCUT2D eigenvalue weighted by Gasteiger charge is 2.02. The van der Waals surface area contributed by atoms with Crippen LogP contribution in [0.25, 0.3) is 0 Å². The zero-order valence-corrected chi connectivity index (χ0v) is 7.39. The zero-order valence-electron chi connectivity index (χ0n) is 6.57. The molecule has 1 aromatic carbocycles. The van der Waals surface area contributed by atoms with Crippen molar-refractivity contribution in [3.63, 3.8) is 0 Å². The molecule has 0 bridgehead atoms. The molecule has 0 saturated heterocycles. The number of nitrogen functional groups attached to an aromatic ring is 1. The summed E-state index contributed by atoms with van der Waals surface area (Å²) in [7, 11) is 0. The van der Waals surface area contributed by atoms with Crippen LogP contribution in [-0.4, -0.2) is 11.1 Å². The van der Waals surface area contributed by atoms with Gasteiger partial charge in [0.1, 0.15) is 0 Å². The van der Waals surface area contributed by atoms with Gasteiger partial charge in [-0.25, -0.2) is 4.79 Å². The maximum atomic E-state index is 10.4. The first-order valence-electron chi connectivity index (χ1n) is 3.20. The van der Waals surface area contributed by atoms with E-state index in [2.05, 4.69) is 0 Å². The number of aryl methyl sites for hydroxylation is 1. The van der Waals surface area contributed by atoms with E-state index >= 15 is 0 Å². The Kier molecular flexibility index (Phi) is 3.57. The van der Waals surface area contributed by atoms with Gasteiger partial charge in [-0.3, -0.25) is 0 Å². The maximum Gasteiger partial charge on any atom is 0.335 e. The Morgan fingerprint density at radius 3 is 2.50 bits per heavy atom. The smallest absolute Gasteiger partial charge is 0.335 e. The topological polar surface area (TPSA) is 63.3 Å². The lowest BCUT2D eigenvalue weighted by atomic mass is 10.1. The number of benzene rings is 1. The van der Waals surface area contributed by atoms with Gasteiger partial charge in [0.2, 0.25) is 0 Å². The summed E-state index contributed by atoms with van der Waals surface area (Å²) >= 11 is 0. The molecular formula is C8H10ClNO2. The molecule has 0 saturated carbocycles. The molecule has 0 spiro atoms. The molecule has 0 aliphatic rings. The fourth-order valence-corrected chi connectivity index (χ4v) is 0.774. The monoisotopic (exact) mass is 187 g/mol. The van der Waals surface area contributed by atoms with Crippen molar-refractivity contribution in [2.75, 3.05) is 5.73 Å². The summed E-state index contributed by atoms with van der Waals surface area (Å²) in [6.45, 7) is 1.83. The van der Waals surface area contributed by atoms with Gasteiger partial charge in [0.25, 0.3) is 0 Å². The van der Waals surface area contributed by atoms with E-state index in [1.54, 1.807) is 6.07 Å². The number of rotatable bonds is 1. The molecule has 12 heavy (non-hydrogen) atoms. The lowest BCUT2D eigenvalue weighted by Gasteiger charge is -1.99. The van der Waals surface area contributed by atoms with Crippen LogP contribution >= 0.6 is 12.4 Å². The first kappa shape index (κ1) is 10.8. The predicted octanol–water partition coefficient (Wildman–Crippen LogP) is 1.70. The number of aromatic carboxylic acids is 1. The molecule has 1 rings (SSSR count). The molecule has 3 nitrogen and oxygen atoms in total. The van der Waals surface area contributed by atoms with Crippen molar-refractivity contribution >= 4 is 24.1 Å². The Hall–Kier alpha value is -1.22. The van der Waals surface area contributed by atoms with Gasteiger partial charge < -0.3 is 10.8 Å². The summed E-state index contributed by atoms with van der Waals surface area (Å²) in [5.74, 6) is -0.947. The minimum Gasteiger partial charge on any atom is -0.478 e. The number of hydrogen-bond acceptors (Lipinski definition) is 2. The van der Waals surface area contributed by atoms with Crippen molar-refractivity contribution < 1.29 is 9.90 Å². The molecule has 0 aliphatic carbocycles. The fourth-order valence-electron chi connectivity index (χ4n) is 0.774. The van der Waals surface area contributed by atoms with Crippen molar-refractivity contribution in [2.24, 2.45) is 0 Å². The molecule has 1 aromatic rings. The number of carboxylic acid groups (broad SMARTS) is 1. The van der Waals surface area contributed by atoms with Crippen molar-refractivity contribution in [3.05, 3.63) is 29.3 Å². The standard InChI is InChI=1S/C8H9NO2.ClH/c1-5-2-3-6(8(10)11)4-7(5)9;/h2-4H,9H2,1H3,(H,10,11);1H. The normalized spacial score (nSPS) is 8.75. The van der Waals surface area contributed by atoms with Gasteiger partial charge in [-0.2, -0.15) is 0 Å². The third-order valence-corrected chi connectivity index (χ3v) is 1.53. The summed E-state index contributed by atoms with van der Waals surface area (Å²) in [5, 5.41) is 8.54. The first-order valence-corrected chi connectivity index (χ1v) is 3.20. The average Bonchev–Trinajstić information content (AvgIpc) is 1.94. The van der Waals surface area contributed by atoms with Gasteiger partial charge in [-0.05, 0) is 24.6 Å². The second-order valence-electron chi connectivity index (χ2n) is 2.38. The highest BCUT2D eigenvalue weighted by Crippen LogP contribution is 2.12. The predicted molar refractivity (Wildman–Crippen MR) is 49.8 cm³/mol. The second-order valence-corrected chi connectivity index (χ2v) is 2.38. The summed E-state index contributed by atoms with van der Waals surface area (Å²) < 4.78 is 0.